The number of nitrogens with one attached hydrogen (secondary N) is 1. The summed E-state index contributed by atoms with van der Waals surface area (Å²) in [5.74, 6) is 0. The van der Waals surface area contributed by atoms with Crippen molar-refractivity contribution >= 4 is 0 Å². The van der Waals surface area contributed by atoms with Gasteiger partial charge in [0.15, 0.2) is 0 Å². The van der Waals surface area contributed by atoms with Crippen LogP contribution in [0.5, 0.6) is 0 Å². The largest absolute Gasteiger partial charge is 0.380 e. The van der Waals surface area contributed by atoms with Gasteiger partial charge in [0.05, 0.1) is 6.61 Å². The van der Waals surface area contributed by atoms with Gasteiger partial charge in [-0.2, -0.15) is 0 Å². The molecule has 15 heavy (non-hydrogen) atoms. The highest BCUT2D eigenvalue weighted by Gasteiger charge is 2.13. The second-order valence-corrected chi connectivity index (χ2v) is 4.33. The van der Waals surface area contributed by atoms with Gasteiger partial charge >= 0.3 is 0 Å². The topological polar surface area (TPSA) is 24.5 Å². The third-order valence-corrected chi connectivity index (χ3v) is 2.97. The zero-order chi connectivity index (χ0) is 10.9. The predicted molar refractivity (Wildman–Crippen MR) is 64.2 cm³/mol. The van der Waals surface area contributed by atoms with Gasteiger partial charge in [0.1, 0.15) is 0 Å². The molecule has 1 aliphatic rings. The van der Waals surface area contributed by atoms with Crippen LogP contribution in [0.2, 0.25) is 0 Å². The molecule has 0 aromatic heterocycles. The van der Waals surface area contributed by atoms with E-state index in [0.29, 0.717) is 6.04 Å². The van der Waals surface area contributed by atoms with Crippen molar-refractivity contribution in [2.45, 2.75) is 39.2 Å². The molecular formula is C12H26N2O. The molecule has 1 heterocycles. The van der Waals surface area contributed by atoms with Crippen LogP contribution in [0, 0.1) is 0 Å². The normalized spacial score (nSPS) is 21.2. The minimum absolute atomic E-state index is 0.656. The van der Waals surface area contributed by atoms with Gasteiger partial charge < -0.3 is 10.1 Å². The molecule has 0 spiro atoms. The molecule has 0 aromatic rings. The van der Waals surface area contributed by atoms with E-state index in [1.54, 1.807) is 0 Å². The van der Waals surface area contributed by atoms with Crippen LogP contribution in [0.3, 0.4) is 0 Å². The van der Waals surface area contributed by atoms with Crippen molar-refractivity contribution < 1.29 is 4.74 Å². The lowest BCUT2D eigenvalue weighted by Crippen LogP contribution is -2.42. The molecule has 1 saturated heterocycles. The van der Waals surface area contributed by atoms with E-state index in [4.69, 9.17) is 4.74 Å². The summed E-state index contributed by atoms with van der Waals surface area (Å²) in [5, 5.41) is 3.60. The van der Waals surface area contributed by atoms with E-state index in [0.717, 1.165) is 26.3 Å². The minimum Gasteiger partial charge on any atom is -0.380 e. The van der Waals surface area contributed by atoms with E-state index in [9.17, 15) is 0 Å². The Kier molecular flexibility index (Phi) is 6.98. The molecule has 0 bridgehead atoms. The van der Waals surface area contributed by atoms with E-state index in [1.807, 2.05) is 0 Å². The molecular weight excluding hydrogens is 188 g/mol. The lowest BCUT2D eigenvalue weighted by molar-refractivity contribution is 0.139. The van der Waals surface area contributed by atoms with Crippen molar-refractivity contribution in [1.82, 2.24) is 10.2 Å². The fourth-order valence-corrected chi connectivity index (χ4v) is 1.98. The number of hydrogen-bond donors (Lipinski definition) is 1. The Morgan fingerprint density at radius 3 is 2.87 bits per heavy atom. The van der Waals surface area contributed by atoms with E-state index in [1.165, 1.54) is 32.4 Å². The average molecular weight is 214 g/mol. The lowest BCUT2D eigenvalue weighted by Gasteiger charge is -2.25. The van der Waals surface area contributed by atoms with Crippen molar-refractivity contribution in [2.24, 2.45) is 0 Å². The number of nitrogens with zero attached hydrogens (tertiary/aromatic N) is 1. The molecule has 0 radical (unpaired) electrons. The Morgan fingerprint density at radius 2 is 2.13 bits per heavy atom. The van der Waals surface area contributed by atoms with Crippen molar-refractivity contribution in [3.63, 3.8) is 0 Å². The van der Waals surface area contributed by atoms with E-state index >= 15 is 0 Å². The van der Waals surface area contributed by atoms with Crippen LogP contribution in [-0.2, 0) is 4.74 Å². The molecule has 0 saturated carbocycles. The van der Waals surface area contributed by atoms with Crippen LogP contribution >= 0.6 is 0 Å². The molecule has 1 N–H and O–H groups in total. The fourth-order valence-electron chi connectivity index (χ4n) is 1.98. The predicted octanol–water partition coefficient (Wildman–Crippen LogP) is 1.49. The summed E-state index contributed by atoms with van der Waals surface area (Å²) in [7, 11) is 0. The quantitative estimate of drug-likeness (QED) is 0.725. The van der Waals surface area contributed by atoms with Gasteiger partial charge in [0.2, 0.25) is 0 Å². The van der Waals surface area contributed by atoms with E-state index < -0.39 is 0 Å². The monoisotopic (exact) mass is 214 g/mol. The maximum atomic E-state index is 5.46. The molecule has 1 rings (SSSR count). The standard InChI is InChI=1S/C12H26N2O/c1-3-6-13-12(4-2)11-14-7-5-9-15-10-8-14/h12-13H,3-11H2,1-2H3. The number of hydrogen-bond acceptors (Lipinski definition) is 3. The van der Waals surface area contributed by atoms with Gasteiger partial charge in [-0.3, -0.25) is 4.90 Å². The molecule has 3 heteroatoms. The van der Waals surface area contributed by atoms with Gasteiger partial charge in [-0.15, -0.1) is 0 Å². The Labute approximate surface area is 94.2 Å². The molecule has 0 aromatic carbocycles. The van der Waals surface area contributed by atoms with Gasteiger partial charge in [0.25, 0.3) is 0 Å². The smallest absolute Gasteiger partial charge is 0.0593 e. The van der Waals surface area contributed by atoms with Crippen LogP contribution in [0.15, 0.2) is 0 Å². The first kappa shape index (κ1) is 12.9. The zero-order valence-corrected chi connectivity index (χ0v) is 10.3. The SMILES string of the molecule is CCCNC(CC)CN1CCCOCC1. The summed E-state index contributed by atoms with van der Waals surface area (Å²) in [4.78, 5) is 2.53. The van der Waals surface area contributed by atoms with E-state index in [-0.39, 0.29) is 0 Å². The van der Waals surface area contributed by atoms with Crippen molar-refractivity contribution in [1.29, 1.82) is 0 Å². The fraction of sp³-hybridized carbons (Fsp3) is 1.00. The van der Waals surface area contributed by atoms with Crippen molar-refractivity contribution in [3.05, 3.63) is 0 Å². The molecule has 1 unspecified atom stereocenters. The molecule has 3 nitrogen and oxygen atoms in total. The molecule has 90 valence electrons. The molecule has 0 aliphatic carbocycles. The second kappa shape index (κ2) is 8.08. The van der Waals surface area contributed by atoms with Crippen LogP contribution in [-0.4, -0.2) is 50.3 Å². The maximum absolute atomic E-state index is 5.46. The Bertz CT molecular complexity index is 145. The van der Waals surface area contributed by atoms with Gasteiger partial charge in [-0.25, -0.2) is 0 Å². The molecule has 1 atom stereocenters. The van der Waals surface area contributed by atoms with Crippen LogP contribution in [0.25, 0.3) is 0 Å². The second-order valence-electron chi connectivity index (χ2n) is 4.33. The maximum Gasteiger partial charge on any atom is 0.0593 e. The first-order chi connectivity index (χ1) is 7.36. The lowest BCUT2D eigenvalue weighted by atomic mass is 10.2. The first-order valence-corrected chi connectivity index (χ1v) is 6.40. The minimum atomic E-state index is 0.656. The highest BCUT2D eigenvalue weighted by Crippen LogP contribution is 2.02. The Hall–Kier alpha value is -0.120. The van der Waals surface area contributed by atoms with Crippen molar-refractivity contribution in [2.75, 3.05) is 39.4 Å². The molecule has 1 aliphatic heterocycles. The first-order valence-electron chi connectivity index (χ1n) is 6.40. The highest BCUT2D eigenvalue weighted by atomic mass is 16.5. The summed E-state index contributed by atoms with van der Waals surface area (Å²) in [6.07, 6.45) is 3.63. The zero-order valence-electron chi connectivity index (χ0n) is 10.3. The van der Waals surface area contributed by atoms with Gasteiger partial charge in [-0.05, 0) is 25.8 Å². The van der Waals surface area contributed by atoms with Gasteiger partial charge in [0, 0.05) is 32.3 Å². The summed E-state index contributed by atoms with van der Waals surface area (Å²) in [6, 6.07) is 0.656. The van der Waals surface area contributed by atoms with Gasteiger partial charge in [-0.1, -0.05) is 13.8 Å². The third kappa shape index (κ3) is 5.50. The number of ether oxygens (including phenoxy) is 1. The molecule has 1 fully saturated rings. The average Bonchev–Trinajstić information content (AvgIpc) is 2.52. The highest BCUT2D eigenvalue weighted by molar-refractivity contribution is 4.71. The summed E-state index contributed by atoms with van der Waals surface area (Å²) in [6.45, 7) is 11.0. The Morgan fingerprint density at radius 1 is 1.27 bits per heavy atom. The Balaban J connectivity index is 2.22. The van der Waals surface area contributed by atoms with Crippen molar-refractivity contribution in [3.8, 4) is 0 Å². The van der Waals surface area contributed by atoms with Crippen LogP contribution in [0.4, 0.5) is 0 Å². The third-order valence-electron chi connectivity index (χ3n) is 2.97. The summed E-state index contributed by atoms with van der Waals surface area (Å²) in [5.41, 5.74) is 0. The molecule has 0 amide bonds. The number of rotatable bonds is 6. The summed E-state index contributed by atoms with van der Waals surface area (Å²) < 4.78 is 5.46. The van der Waals surface area contributed by atoms with E-state index in [2.05, 4.69) is 24.1 Å². The van der Waals surface area contributed by atoms with Crippen LogP contribution < -0.4 is 5.32 Å². The van der Waals surface area contributed by atoms with Crippen LogP contribution in [0.1, 0.15) is 33.1 Å². The summed E-state index contributed by atoms with van der Waals surface area (Å²) >= 11 is 0.